The number of amidine groups is 1. The van der Waals surface area contributed by atoms with Crippen molar-refractivity contribution in [2.45, 2.75) is 24.9 Å². The van der Waals surface area contributed by atoms with E-state index in [4.69, 9.17) is 5.73 Å². The molecule has 1 fully saturated rings. The van der Waals surface area contributed by atoms with Crippen LogP contribution >= 0.6 is 0 Å². The predicted molar refractivity (Wildman–Crippen MR) is 84.1 cm³/mol. The zero-order valence-electron chi connectivity index (χ0n) is 13.4. The number of urea groups is 1. The van der Waals surface area contributed by atoms with Crippen LogP contribution in [0.5, 0.6) is 0 Å². The van der Waals surface area contributed by atoms with Gasteiger partial charge in [0.1, 0.15) is 11.9 Å². The normalized spacial score (nSPS) is 23.5. The van der Waals surface area contributed by atoms with Gasteiger partial charge in [-0.15, -0.1) is 0 Å². The van der Waals surface area contributed by atoms with Crippen molar-refractivity contribution in [3.05, 3.63) is 17.5 Å². The highest BCUT2D eigenvalue weighted by molar-refractivity contribution is 5.93. The number of unbranched alkanes of at least 4 members (excludes halogenated alkanes) is 1. The topological polar surface area (TPSA) is 112 Å². The summed E-state index contributed by atoms with van der Waals surface area (Å²) in [4.78, 5) is 20.4. The average molecular weight is 321 g/mol. The van der Waals surface area contributed by atoms with E-state index in [0.717, 1.165) is 24.1 Å². The van der Waals surface area contributed by atoms with Gasteiger partial charge in [-0.3, -0.25) is 20.4 Å². The van der Waals surface area contributed by atoms with Gasteiger partial charge in [0.05, 0.1) is 17.9 Å². The Bertz CT molecular complexity index is 627. The Morgan fingerprint density at radius 1 is 1.52 bits per heavy atom. The molecule has 2 amide bonds. The standard InChI is InChI=1S/C14H23N7O2/c1-19-10-8-21(14(19)22)12(11-9(10)7-17-20(11)2)13(18-23)16-6-4-3-5-15/h7,10,12,23H,3-6,8,15H2,1-2H3,(H,16,18)/t10-,12-/m0/s1. The van der Waals surface area contributed by atoms with Crippen LogP contribution in [0.1, 0.15) is 36.2 Å². The summed E-state index contributed by atoms with van der Waals surface area (Å²) in [7, 11) is 3.63. The first-order valence-electron chi connectivity index (χ1n) is 7.79. The maximum Gasteiger partial charge on any atom is 0.321 e. The van der Waals surface area contributed by atoms with Crippen LogP contribution < -0.4 is 11.2 Å². The Labute approximate surface area is 134 Å². The van der Waals surface area contributed by atoms with Crippen molar-refractivity contribution in [3.8, 4) is 0 Å². The van der Waals surface area contributed by atoms with E-state index in [1.165, 1.54) is 0 Å². The minimum absolute atomic E-state index is 0.000340. The Morgan fingerprint density at radius 3 is 3.00 bits per heavy atom. The van der Waals surface area contributed by atoms with Crippen LogP contribution in [0.25, 0.3) is 0 Å². The third kappa shape index (κ3) is 2.45. The van der Waals surface area contributed by atoms with Gasteiger partial charge in [-0.25, -0.2) is 4.79 Å². The molecule has 0 saturated carbocycles. The van der Waals surface area contributed by atoms with Gasteiger partial charge in [0.2, 0.25) is 0 Å². The number of nitrogens with two attached hydrogens (primary N) is 1. The predicted octanol–water partition coefficient (Wildman–Crippen LogP) is -0.000500. The molecule has 1 aromatic heterocycles. The molecule has 4 N–H and O–H groups in total. The third-order valence-electron chi connectivity index (χ3n) is 4.60. The second-order valence-electron chi connectivity index (χ2n) is 5.95. The second kappa shape index (κ2) is 6.17. The molecule has 2 aliphatic heterocycles. The minimum atomic E-state index is -0.450. The van der Waals surface area contributed by atoms with E-state index in [1.807, 2.05) is 7.05 Å². The van der Waals surface area contributed by atoms with Crippen molar-refractivity contribution < 1.29 is 10.0 Å². The van der Waals surface area contributed by atoms with E-state index in [1.54, 1.807) is 27.7 Å². The summed E-state index contributed by atoms with van der Waals surface area (Å²) in [6.45, 7) is 1.73. The van der Waals surface area contributed by atoms with E-state index < -0.39 is 6.04 Å². The largest absolute Gasteiger partial charge is 0.330 e. The maximum absolute atomic E-state index is 12.5. The fourth-order valence-electron chi connectivity index (χ4n) is 3.36. The molecule has 126 valence electrons. The maximum atomic E-state index is 12.5. The summed E-state index contributed by atoms with van der Waals surface area (Å²) < 4.78 is 1.75. The first-order chi connectivity index (χ1) is 11.1. The van der Waals surface area contributed by atoms with Crippen LogP contribution in [0, 0.1) is 0 Å². The molecule has 9 nitrogen and oxygen atoms in total. The van der Waals surface area contributed by atoms with Crippen molar-refractivity contribution in [1.82, 2.24) is 25.1 Å². The molecule has 0 unspecified atom stereocenters. The fraction of sp³-hybridized carbons (Fsp3) is 0.643. The number of fused-ring (bicyclic) bond motifs is 4. The molecule has 0 radical (unpaired) electrons. The van der Waals surface area contributed by atoms with Gasteiger partial charge in [0, 0.05) is 32.7 Å². The zero-order valence-corrected chi connectivity index (χ0v) is 13.4. The lowest BCUT2D eigenvalue weighted by molar-refractivity contribution is 0.184. The molecule has 1 saturated heterocycles. The number of aryl methyl sites for hydroxylation is 1. The van der Waals surface area contributed by atoms with Crippen LogP contribution in [0.15, 0.2) is 11.2 Å². The van der Waals surface area contributed by atoms with E-state index in [2.05, 4.69) is 15.6 Å². The lowest BCUT2D eigenvalue weighted by atomic mass is 9.97. The van der Waals surface area contributed by atoms with E-state index in [9.17, 15) is 10.0 Å². The summed E-state index contributed by atoms with van der Waals surface area (Å²) in [6, 6.07) is -0.519. The lowest BCUT2D eigenvalue weighted by Crippen LogP contribution is -2.43. The number of aromatic nitrogens is 2. The Hall–Kier alpha value is -2.13. The van der Waals surface area contributed by atoms with E-state index >= 15 is 0 Å². The van der Waals surface area contributed by atoms with Gasteiger partial charge < -0.3 is 15.5 Å². The van der Waals surface area contributed by atoms with Crippen molar-refractivity contribution in [2.75, 3.05) is 26.7 Å². The molecule has 3 heterocycles. The van der Waals surface area contributed by atoms with Crippen LogP contribution in [-0.4, -0.2) is 63.3 Å². The molecular formula is C14H23N7O2. The number of hydrogen-bond donors (Lipinski definition) is 3. The first kappa shape index (κ1) is 15.8. The summed E-state index contributed by atoms with van der Waals surface area (Å²) >= 11 is 0. The van der Waals surface area contributed by atoms with Gasteiger partial charge in [-0.1, -0.05) is 0 Å². The molecule has 3 rings (SSSR count). The van der Waals surface area contributed by atoms with Crippen LogP contribution in [-0.2, 0) is 7.05 Å². The zero-order chi connectivity index (χ0) is 16.6. The van der Waals surface area contributed by atoms with Crippen LogP contribution in [0.4, 0.5) is 4.79 Å². The molecule has 1 aromatic rings. The number of amides is 2. The number of nitrogens with zero attached hydrogens (tertiary/aromatic N) is 5. The van der Waals surface area contributed by atoms with Crippen molar-refractivity contribution in [2.24, 2.45) is 17.8 Å². The SMILES string of the molecule is CN1C(=O)N2C[C@H]1c1cnn(C)c1[C@H]2C(=NCCCCN)NO. The Morgan fingerprint density at radius 2 is 2.30 bits per heavy atom. The average Bonchev–Trinajstić information content (AvgIpc) is 3.05. The van der Waals surface area contributed by atoms with Gasteiger partial charge in [-0.2, -0.15) is 5.10 Å². The molecule has 0 spiro atoms. The van der Waals surface area contributed by atoms with Gasteiger partial charge in [0.25, 0.3) is 0 Å². The van der Waals surface area contributed by atoms with Crippen molar-refractivity contribution >= 4 is 11.9 Å². The van der Waals surface area contributed by atoms with Gasteiger partial charge in [-0.05, 0) is 19.4 Å². The smallest absolute Gasteiger partial charge is 0.321 e. The molecule has 2 bridgehead atoms. The molecule has 0 aliphatic carbocycles. The Balaban J connectivity index is 1.96. The second-order valence-corrected chi connectivity index (χ2v) is 5.95. The molecule has 2 aliphatic rings. The lowest BCUT2D eigenvalue weighted by Gasteiger charge is -2.31. The number of aliphatic imine (C=N–C) groups is 1. The number of likely N-dealkylation sites (N-methyl/N-ethyl adjacent to an activating group) is 1. The van der Waals surface area contributed by atoms with E-state index in [-0.39, 0.29) is 12.1 Å². The summed E-state index contributed by atoms with van der Waals surface area (Å²) in [5.74, 6) is 0.369. The van der Waals surface area contributed by atoms with Crippen LogP contribution in [0.2, 0.25) is 0 Å². The molecule has 9 heteroatoms. The highest BCUT2D eigenvalue weighted by atomic mass is 16.5. The monoisotopic (exact) mass is 321 g/mol. The molecule has 2 atom stereocenters. The number of hydroxylamine groups is 1. The van der Waals surface area contributed by atoms with E-state index in [0.29, 0.717) is 25.5 Å². The number of nitrogens with one attached hydrogen (secondary N) is 1. The minimum Gasteiger partial charge on any atom is -0.330 e. The number of hydrogen-bond acceptors (Lipinski definition) is 5. The van der Waals surface area contributed by atoms with Gasteiger partial charge in [0.15, 0.2) is 0 Å². The number of rotatable bonds is 5. The quantitative estimate of drug-likeness (QED) is 0.306. The van der Waals surface area contributed by atoms with Crippen molar-refractivity contribution in [3.63, 3.8) is 0 Å². The molecule has 23 heavy (non-hydrogen) atoms. The first-order valence-corrected chi connectivity index (χ1v) is 7.79. The number of carbonyl (C=O) groups excluding carboxylic acids is 1. The highest BCUT2D eigenvalue weighted by Gasteiger charge is 2.49. The summed E-state index contributed by atoms with van der Waals surface area (Å²) in [5.41, 5.74) is 9.57. The summed E-state index contributed by atoms with van der Waals surface area (Å²) in [5, 5.41) is 13.9. The van der Waals surface area contributed by atoms with Crippen LogP contribution in [0.3, 0.4) is 0 Å². The fourth-order valence-corrected chi connectivity index (χ4v) is 3.36. The van der Waals surface area contributed by atoms with Gasteiger partial charge >= 0.3 is 6.03 Å². The molecule has 0 aromatic carbocycles. The molecular weight excluding hydrogens is 298 g/mol. The summed E-state index contributed by atoms with van der Waals surface area (Å²) in [6.07, 6.45) is 3.50. The third-order valence-corrected chi connectivity index (χ3v) is 4.60. The number of carbonyl (C=O) groups is 1. The highest BCUT2D eigenvalue weighted by Crippen LogP contribution is 2.42. The Kier molecular flexibility index (Phi) is 4.22. The van der Waals surface area contributed by atoms with Crippen molar-refractivity contribution in [1.29, 1.82) is 0 Å².